The summed E-state index contributed by atoms with van der Waals surface area (Å²) in [5.74, 6) is 0. The SMILES string of the molecule is Cc1cnc(-c2[c-]cccc2)cc1C.[2H]C([2H])([2H])c1ccnc(-c2[c-]cc([Si](C)(C)C)c3c2oc2nc(C)ccc23)c1.[Ir]. The van der Waals surface area contributed by atoms with Gasteiger partial charge >= 0.3 is 0 Å². The number of hydrogen-bond acceptors (Lipinski definition) is 4. The van der Waals surface area contributed by atoms with Crippen LogP contribution >= 0.6 is 0 Å². The molecule has 40 heavy (non-hydrogen) atoms. The Labute approximate surface area is 255 Å². The Morgan fingerprint density at radius 3 is 2.42 bits per heavy atom. The van der Waals surface area contributed by atoms with Gasteiger partial charge in [-0.2, -0.15) is 0 Å². The van der Waals surface area contributed by atoms with Crippen molar-refractivity contribution in [2.75, 3.05) is 0 Å². The smallest absolute Gasteiger partial charge is 0.216 e. The van der Waals surface area contributed by atoms with E-state index in [4.69, 9.17) is 8.53 Å². The third kappa shape index (κ3) is 6.15. The topological polar surface area (TPSA) is 51.8 Å². The summed E-state index contributed by atoms with van der Waals surface area (Å²) in [7, 11) is -1.69. The van der Waals surface area contributed by atoms with E-state index in [1.54, 1.807) is 6.07 Å². The number of nitrogens with zero attached hydrogens (tertiary/aromatic N) is 3. The number of aryl methyl sites for hydroxylation is 4. The Balaban J connectivity index is 0.000000238. The van der Waals surface area contributed by atoms with Crippen LogP contribution in [0.4, 0.5) is 0 Å². The molecule has 0 saturated heterocycles. The number of rotatable bonds is 3. The summed E-state index contributed by atoms with van der Waals surface area (Å²) in [5, 5.41) is 3.25. The molecule has 0 fully saturated rings. The van der Waals surface area contributed by atoms with E-state index < -0.39 is 14.9 Å². The summed E-state index contributed by atoms with van der Waals surface area (Å²) >= 11 is 0. The zero-order valence-corrected chi connectivity index (χ0v) is 26.9. The largest absolute Gasteiger partial charge is 0.486 e. The number of pyridine rings is 3. The van der Waals surface area contributed by atoms with Crippen LogP contribution in [-0.4, -0.2) is 23.0 Å². The molecule has 0 unspecified atom stereocenters. The molecule has 0 atom stereocenters. The molecule has 0 N–H and O–H groups in total. The normalized spacial score (nSPS) is 12.6. The first-order valence-corrected chi connectivity index (χ1v) is 16.4. The number of benzene rings is 2. The van der Waals surface area contributed by atoms with E-state index >= 15 is 0 Å². The van der Waals surface area contributed by atoms with Gasteiger partial charge in [-0.15, -0.1) is 53.2 Å². The average molecular weight is 723 g/mol. The Kier molecular flexibility index (Phi) is 7.64. The second-order valence-electron chi connectivity index (χ2n) is 10.8. The zero-order chi connectivity index (χ0) is 30.2. The zero-order valence-electron chi connectivity index (χ0n) is 26.5. The Morgan fingerprint density at radius 1 is 0.900 bits per heavy atom. The minimum absolute atomic E-state index is 0. The first-order chi connectivity index (χ1) is 19.8. The summed E-state index contributed by atoms with van der Waals surface area (Å²) in [6, 6.07) is 25.7. The van der Waals surface area contributed by atoms with Gasteiger partial charge in [-0.1, -0.05) is 53.9 Å². The van der Waals surface area contributed by atoms with Crippen LogP contribution in [0.1, 0.15) is 26.5 Å². The first-order valence-electron chi connectivity index (χ1n) is 14.4. The average Bonchev–Trinajstić information content (AvgIpc) is 3.32. The summed E-state index contributed by atoms with van der Waals surface area (Å²) < 4.78 is 29.2. The fourth-order valence-corrected chi connectivity index (χ4v) is 5.97. The molecule has 6 rings (SSSR count). The van der Waals surface area contributed by atoms with Crippen LogP contribution < -0.4 is 5.19 Å². The van der Waals surface area contributed by atoms with Crippen molar-refractivity contribution in [1.82, 2.24) is 15.0 Å². The van der Waals surface area contributed by atoms with Gasteiger partial charge in [0.15, 0.2) is 0 Å². The van der Waals surface area contributed by atoms with E-state index in [1.807, 2.05) is 55.6 Å². The first kappa shape index (κ1) is 25.5. The van der Waals surface area contributed by atoms with Gasteiger partial charge < -0.3 is 14.4 Å². The molecule has 4 nitrogen and oxygen atoms in total. The third-order valence-corrected chi connectivity index (χ3v) is 8.74. The molecule has 2 aromatic carbocycles. The van der Waals surface area contributed by atoms with Gasteiger partial charge in [-0.3, -0.25) is 0 Å². The molecule has 6 heteroatoms. The van der Waals surface area contributed by atoms with Crippen molar-refractivity contribution < 1.29 is 28.6 Å². The van der Waals surface area contributed by atoms with E-state index in [9.17, 15) is 0 Å². The maximum Gasteiger partial charge on any atom is 0.216 e. The van der Waals surface area contributed by atoms with E-state index in [0.717, 1.165) is 27.7 Å². The van der Waals surface area contributed by atoms with E-state index in [0.29, 0.717) is 22.6 Å². The van der Waals surface area contributed by atoms with Gasteiger partial charge in [0, 0.05) is 55.8 Å². The van der Waals surface area contributed by atoms with Crippen molar-refractivity contribution in [3.63, 3.8) is 0 Å². The second kappa shape index (κ2) is 12.0. The molecule has 0 spiro atoms. The Morgan fingerprint density at radius 2 is 1.73 bits per heavy atom. The summed E-state index contributed by atoms with van der Waals surface area (Å²) in [6.07, 6.45) is 3.43. The molecule has 6 aromatic rings. The summed E-state index contributed by atoms with van der Waals surface area (Å²) in [4.78, 5) is 13.3. The molecule has 0 aliphatic heterocycles. The predicted octanol–water partition coefficient (Wildman–Crippen LogP) is 8.17. The quantitative estimate of drug-likeness (QED) is 0.137. The number of fused-ring (bicyclic) bond motifs is 3. The number of aromatic nitrogens is 3. The van der Waals surface area contributed by atoms with Gasteiger partial charge in [0.1, 0.15) is 0 Å². The summed E-state index contributed by atoms with van der Waals surface area (Å²) in [6.45, 7) is 10.8. The molecular formula is C34H33IrN3OSi-2. The molecule has 1 radical (unpaired) electrons. The van der Waals surface area contributed by atoms with Crippen LogP contribution in [0.5, 0.6) is 0 Å². The van der Waals surface area contributed by atoms with Crippen molar-refractivity contribution >= 4 is 35.3 Å². The fourth-order valence-electron chi connectivity index (χ4n) is 4.47. The van der Waals surface area contributed by atoms with Gasteiger partial charge in [0.05, 0.1) is 5.58 Å². The van der Waals surface area contributed by atoms with Gasteiger partial charge in [-0.25, -0.2) is 4.98 Å². The van der Waals surface area contributed by atoms with E-state index in [1.165, 1.54) is 28.6 Å². The molecule has 0 aliphatic rings. The van der Waals surface area contributed by atoms with Gasteiger partial charge in [0.25, 0.3) is 0 Å². The molecule has 0 bridgehead atoms. The Bertz CT molecular complexity index is 1900. The maximum absolute atomic E-state index is 7.69. The molecular weight excluding hydrogens is 687 g/mol. The molecule has 0 amide bonds. The van der Waals surface area contributed by atoms with E-state index in [-0.39, 0.29) is 25.7 Å². The Hall–Kier alpha value is -3.44. The molecule has 4 heterocycles. The minimum atomic E-state index is -2.19. The van der Waals surface area contributed by atoms with Crippen molar-refractivity contribution in [2.45, 2.75) is 47.3 Å². The predicted molar refractivity (Wildman–Crippen MR) is 164 cm³/mol. The molecule has 0 saturated carbocycles. The van der Waals surface area contributed by atoms with Crippen LogP contribution in [0.3, 0.4) is 0 Å². The fraction of sp³-hybridized carbons (Fsp3) is 0.206. The van der Waals surface area contributed by atoms with Crippen molar-refractivity contribution in [2.24, 2.45) is 0 Å². The molecule has 205 valence electrons. The van der Waals surface area contributed by atoms with Crippen LogP contribution in [0.2, 0.25) is 19.6 Å². The van der Waals surface area contributed by atoms with Crippen molar-refractivity contribution in [3.8, 4) is 22.5 Å². The standard InChI is InChI=1S/C21H21N2OSi.C13H12N.Ir/c1-13-10-11-22-17(12-13)15-8-9-18(25(3,4)5)19-16-7-6-14(2)23-21(16)24-20(15)19;1-10-8-13(14-9-11(10)2)12-6-4-3-5-7-12;/h6-7,9-12H,1-5H3;3-6,8-9H,1-2H3;/q2*-1;/i1D3;;. The van der Waals surface area contributed by atoms with Crippen molar-refractivity contribution in [1.29, 1.82) is 0 Å². The van der Waals surface area contributed by atoms with E-state index in [2.05, 4.69) is 66.6 Å². The maximum atomic E-state index is 7.69. The molecule has 0 aliphatic carbocycles. The monoisotopic (exact) mass is 723 g/mol. The summed E-state index contributed by atoms with van der Waals surface area (Å²) in [5.41, 5.74) is 8.13. The van der Waals surface area contributed by atoms with Crippen LogP contribution in [0, 0.1) is 39.8 Å². The number of hydrogen-bond donors (Lipinski definition) is 0. The van der Waals surface area contributed by atoms with Crippen LogP contribution in [0.25, 0.3) is 44.6 Å². The minimum Gasteiger partial charge on any atom is -0.486 e. The number of furan rings is 1. The second-order valence-corrected chi connectivity index (χ2v) is 15.8. The van der Waals surface area contributed by atoms with Crippen LogP contribution in [-0.2, 0) is 20.1 Å². The van der Waals surface area contributed by atoms with Crippen LogP contribution in [0.15, 0.2) is 77.5 Å². The van der Waals surface area contributed by atoms with Crippen molar-refractivity contribution in [3.05, 3.63) is 108 Å². The molecule has 4 aromatic heterocycles. The third-order valence-electron chi connectivity index (χ3n) is 6.73. The van der Waals surface area contributed by atoms with Gasteiger partial charge in [0.2, 0.25) is 5.71 Å². The van der Waals surface area contributed by atoms with Gasteiger partial charge in [-0.05, 0) is 62.8 Å².